The summed E-state index contributed by atoms with van der Waals surface area (Å²) in [4.78, 5) is 12.0. The zero-order valence-electron chi connectivity index (χ0n) is 17.3. The second kappa shape index (κ2) is 9.43. The fourth-order valence-electron chi connectivity index (χ4n) is 3.47. The van der Waals surface area contributed by atoms with Crippen LogP contribution in [0.2, 0.25) is 0 Å². The summed E-state index contributed by atoms with van der Waals surface area (Å²) < 4.78 is 21.0. The van der Waals surface area contributed by atoms with Crippen LogP contribution in [0, 0.1) is 5.82 Å². The topological polar surface area (TPSA) is 56.1 Å². The third-order valence-electron chi connectivity index (χ3n) is 5.07. The van der Waals surface area contributed by atoms with E-state index in [-0.39, 0.29) is 17.8 Å². The first kappa shape index (κ1) is 20.6. The minimum Gasteiger partial charge on any atom is -0.491 e. The number of aromatic nitrogens is 2. The Morgan fingerprint density at radius 2 is 1.87 bits per heavy atom. The number of benzene rings is 3. The van der Waals surface area contributed by atoms with Crippen LogP contribution in [0.25, 0.3) is 16.6 Å². The van der Waals surface area contributed by atoms with Crippen LogP contribution >= 0.6 is 0 Å². The summed E-state index contributed by atoms with van der Waals surface area (Å²) in [5, 5.41) is 8.38. The molecule has 1 aromatic heterocycles. The van der Waals surface area contributed by atoms with E-state index in [1.165, 1.54) is 12.1 Å². The van der Waals surface area contributed by atoms with Crippen molar-refractivity contribution in [1.29, 1.82) is 0 Å². The van der Waals surface area contributed by atoms with Gasteiger partial charge in [0.25, 0.3) is 0 Å². The highest BCUT2D eigenvalue weighted by atomic mass is 19.1. The monoisotopic (exact) mass is 417 g/mol. The molecule has 5 nitrogen and oxygen atoms in total. The maximum atomic E-state index is 13.2. The highest BCUT2D eigenvalue weighted by Gasteiger charge is 2.14. The second-order valence-electron chi connectivity index (χ2n) is 7.37. The van der Waals surface area contributed by atoms with Crippen molar-refractivity contribution < 1.29 is 13.9 Å². The summed E-state index contributed by atoms with van der Waals surface area (Å²) in [5.41, 5.74) is 2.83. The number of rotatable bonds is 8. The molecule has 3 aromatic carbocycles. The zero-order valence-corrected chi connectivity index (χ0v) is 17.3. The molecule has 1 N–H and O–H groups in total. The van der Waals surface area contributed by atoms with Gasteiger partial charge in [0.2, 0.25) is 5.91 Å². The predicted octanol–water partition coefficient (Wildman–Crippen LogP) is 4.68. The van der Waals surface area contributed by atoms with E-state index in [0.29, 0.717) is 25.2 Å². The number of carbonyl (C=O) groups is 1. The third-order valence-corrected chi connectivity index (χ3v) is 5.07. The van der Waals surface area contributed by atoms with Crippen molar-refractivity contribution >= 4 is 16.8 Å². The first-order valence-electron chi connectivity index (χ1n) is 10.3. The highest BCUT2D eigenvalue weighted by molar-refractivity contribution is 5.81. The average molecular weight is 417 g/mol. The van der Waals surface area contributed by atoms with Gasteiger partial charge in [-0.15, -0.1) is 0 Å². The van der Waals surface area contributed by atoms with Crippen molar-refractivity contribution in [3.8, 4) is 11.4 Å². The summed E-state index contributed by atoms with van der Waals surface area (Å²) in [5.74, 6) is 0.423. The van der Waals surface area contributed by atoms with Gasteiger partial charge in [-0.3, -0.25) is 4.79 Å². The molecule has 0 aliphatic rings. The van der Waals surface area contributed by atoms with Crippen LogP contribution in [-0.4, -0.2) is 28.3 Å². The standard InChI is InChI=1S/C25H24FN3O2/c1-2-25(30)28-21(14-18-6-4-3-5-7-18)17-31-23-12-13-24-19(15-23)16-27-29(24)22-10-8-20(26)9-11-22/h3-13,15-16,21H,2,14,17H2,1H3,(H,28,30). The molecule has 1 heterocycles. The summed E-state index contributed by atoms with van der Waals surface area (Å²) in [6.45, 7) is 2.20. The molecule has 4 aromatic rings. The number of fused-ring (bicyclic) bond motifs is 1. The molecule has 1 amide bonds. The van der Waals surface area contributed by atoms with E-state index >= 15 is 0 Å². The van der Waals surface area contributed by atoms with Crippen molar-refractivity contribution in [3.05, 3.63) is 90.4 Å². The number of ether oxygens (including phenoxy) is 1. The predicted molar refractivity (Wildman–Crippen MR) is 119 cm³/mol. The number of carbonyl (C=O) groups excluding carboxylic acids is 1. The number of nitrogens with zero attached hydrogens (tertiary/aromatic N) is 2. The minimum absolute atomic E-state index is 0.000516. The quantitative estimate of drug-likeness (QED) is 0.453. The van der Waals surface area contributed by atoms with Crippen LogP contribution < -0.4 is 10.1 Å². The Bertz CT molecular complexity index is 1160. The van der Waals surface area contributed by atoms with E-state index in [1.54, 1.807) is 23.0 Å². The fraction of sp³-hybridized carbons (Fsp3) is 0.200. The second-order valence-corrected chi connectivity index (χ2v) is 7.37. The fourth-order valence-corrected chi connectivity index (χ4v) is 3.47. The van der Waals surface area contributed by atoms with Crippen LogP contribution in [0.3, 0.4) is 0 Å². The Labute approximate surface area is 180 Å². The minimum atomic E-state index is -0.281. The molecule has 0 bridgehead atoms. The molecular weight excluding hydrogens is 393 g/mol. The van der Waals surface area contributed by atoms with Gasteiger partial charge in [0.15, 0.2) is 0 Å². The number of hydrogen-bond acceptors (Lipinski definition) is 3. The van der Waals surface area contributed by atoms with Gasteiger partial charge in [0.1, 0.15) is 18.2 Å². The number of nitrogens with one attached hydrogen (secondary N) is 1. The molecular formula is C25H24FN3O2. The largest absolute Gasteiger partial charge is 0.491 e. The third kappa shape index (κ3) is 5.09. The lowest BCUT2D eigenvalue weighted by Gasteiger charge is -2.19. The van der Waals surface area contributed by atoms with Gasteiger partial charge >= 0.3 is 0 Å². The van der Waals surface area contributed by atoms with Gasteiger partial charge in [-0.05, 0) is 54.4 Å². The number of hydrogen-bond donors (Lipinski definition) is 1. The van der Waals surface area contributed by atoms with Crippen LogP contribution in [0.15, 0.2) is 79.0 Å². The first-order valence-corrected chi connectivity index (χ1v) is 10.3. The van der Waals surface area contributed by atoms with E-state index in [4.69, 9.17) is 4.74 Å². The van der Waals surface area contributed by atoms with E-state index in [0.717, 1.165) is 22.2 Å². The molecule has 0 aliphatic heterocycles. The Hall–Kier alpha value is -3.67. The molecule has 4 rings (SSSR count). The molecule has 0 saturated carbocycles. The molecule has 0 spiro atoms. The van der Waals surface area contributed by atoms with Crippen LogP contribution in [0.1, 0.15) is 18.9 Å². The zero-order chi connectivity index (χ0) is 21.6. The summed E-state index contributed by atoms with van der Waals surface area (Å²) in [7, 11) is 0. The van der Waals surface area contributed by atoms with Crippen molar-refractivity contribution in [3.63, 3.8) is 0 Å². The lowest BCUT2D eigenvalue weighted by atomic mass is 10.1. The maximum absolute atomic E-state index is 13.2. The molecule has 31 heavy (non-hydrogen) atoms. The van der Waals surface area contributed by atoms with E-state index in [2.05, 4.69) is 10.4 Å². The molecule has 158 valence electrons. The summed E-state index contributed by atoms with van der Waals surface area (Å²) in [6, 6.07) is 21.8. The molecule has 0 radical (unpaired) electrons. The van der Waals surface area contributed by atoms with Crippen molar-refractivity contribution in [2.24, 2.45) is 0 Å². The van der Waals surface area contributed by atoms with Gasteiger partial charge in [0, 0.05) is 11.8 Å². The lowest BCUT2D eigenvalue weighted by Crippen LogP contribution is -2.40. The summed E-state index contributed by atoms with van der Waals surface area (Å²) >= 11 is 0. The molecule has 0 fully saturated rings. The van der Waals surface area contributed by atoms with Gasteiger partial charge in [-0.25, -0.2) is 9.07 Å². The Kier molecular flexibility index (Phi) is 6.26. The van der Waals surface area contributed by atoms with Crippen molar-refractivity contribution in [2.75, 3.05) is 6.61 Å². The van der Waals surface area contributed by atoms with Gasteiger partial charge in [-0.2, -0.15) is 5.10 Å². The van der Waals surface area contributed by atoms with E-state index < -0.39 is 0 Å². The Morgan fingerprint density at radius 3 is 2.61 bits per heavy atom. The Balaban J connectivity index is 1.48. The molecule has 1 unspecified atom stereocenters. The summed E-state index contributed by atoms with van der Waals surface area (Å²) in [6.07, 6.45) is 2.88. The maximum Gasteiger partial charge on any atom is 0.220 e. The van der Waals surface area contributed by atoms with Crippen molar-refractivity contribution in [1.82, 2.24) is 15.1 Å². The van der Waals surface area contributed by atoms with Crippen LogP contribution in [0.5, 0.6) is 5.75 Å². The number of amides is 1. The van der Waals surface area contributed by atoms with E-state index in [1.807, 2.05) is 55.5 Å². The highest BCUT2D eigenvalue weighted by Crippen LogP contribution is 2.23. The van der Waals surface area contributed by atoms with Gasteiger partial charge < -0.3 is 10.1 Å². The van der Waals surface area contributed by atoms with Crippen LogP contribution in [0.4, 0.5) is 4.39 Å². The van der Waals surface area contributed by atoms with E-state index in [9.17, 15) is 9.18 Å². The van der Waals surface area contributed by atoms with Gasteiger partial charge in [0.05, 0.1) is 23.4 Å². The first-order chi connectivity index (χ1) is 15.1. The normalized spacial score (nSPS) is 11.9. The van der Waals surface area contributed by atoms with Crippen LogP contribution in [-0.2, 0) is 11.2 Å². The smallest absolute Gasteiger partial charge is 0.220 e. The molecule has 0 aliphatic carbocycles. The molecule has 6 heteroatoms. The average Bonchev–Trinajstić information content (AvgIpc) is 3.22. The molecule has 0 saturated heterocycles. The SMILES string of the molecule is CCC(=O)NC(COc1ccc2c(cnn2-c2ccc(F)cc2)c1)Cc1ccccc1. The number of halogens is 1. The van der Waals surface area contributed by atoms with Gasteiger partial charge in [-0.1, -0.05) is 37.3 Å². The Morgan fingerprint density at radius 1 is 1.10 bits per heavy atom. The molecule has 1 atom stereocenters. The van der Waals surface area contributed by atoms with Crippen molar-refractivity contribution in [2.45, 2.75) is 25.8 Å². The lowest BCUT2D eigenvalue weighted by molar-refractivity contribution is -0.121.